The molecular formula is C17H19BrN2S. The molecule has 0 bridgehead atoms. The normalized spacial score (nSPS) is 11.6. The summed E-state index contributed by atoms with van der Waals surface area (Å²) in [6.07, 6.45) is 0. The van der Waals surface area contributed by atoms with Crippen molar-refractivity contribution >= 4 is 38.2 Å². The van der Waals surface area contributed by atoms with Crippen LogP contribution in [0.3, 0.4) is 0 Å². The van der Waals surface area contributed by atoms with E-state index in [9.17, 15) is 0 Å². The number of aromatic nitrogens is 1. The molecule has 2 aromatic heterocycles. The first kappa shape index (κ1) is 14.8. The van der Waals surface area contributed by atoms with Crippen molar-refractivity contribution in [2.24, 2.45) is 0 Å². The third kappa shape index (κ3) is 3.23. The van der Waals surface area contributed by atoms with Gasteiger partial charge in [-0.15, -0.1) is 11.3 Å². The Morgan fingerprint density at radius 1 is 1.24 bits per heavy atom. The van der Waals surface area contributed by atoms with Crippen LogP contribution in [0.5, 0.6) is 0 Å². The van der Waals surface area contributed by atoms with Gasteiger partial charge in [-0.2, -0.15) is 0 Å². The summed E-state index contributed by atoms with van der Waals surface area (Å²) in [6, 6.07) is 13.5. The monoisotopic (exact) mass is 362 g/mol. The lowest BCUT2D eigenvalue weighted by Gasteiger charge is -2.13. The lowest BCUT2D eigenvalue weighted by atomic mass is 10.2. The third-order valence-electron chi connectivity index (χ3n) is 3.58. The molecule has 0 aliphatic rings. The number of nitrogens with zero attached hydrogens (tertiary/aromatic N) is 1. The number of hydrogen-bond acceptors (Lipinski definition) is 2. The Morgan fingerprint density at radius 3 is 2.76 bits per heavy atom. The highest BCUT2D eigenvalue weighted by molar-refractivity contribution is 9.10. The fraction of sp³-hybridized carbons (Fsp3) is 0.294. The Hall–Kier alpha value is -1.10. The predicted molar refractivity (Wildman–Crippen MR) is 95.0 cm³/mol. The van der Waals surface area contributed by atoms with Crippen molar-refractivity contribution in [3.63, 3.8) is 0 Å². The second-order valence-corrected chi connectivity index (χ2v) is 7.36. The summed E-state index contributed by atoms with van der Waals surface area (Å²) >= 11 is 5.45. The van der Waals surface area contributed by atoms with Crippen LogP contribution < -0.4 is 5.32 Å². The van der Waals surface area contributed by atoms with Crippen molar-refractivity contribution < 1.29 is 0 Å². The quantitative estimate of drug-likeness (QED) is 0.674. The van der Waals surface area contributed by atoms with E-state index in [1.807, 2.05) is 0 Å². The smallest absolute Gasteiger partial charge is 0.0584 e. The van der Waals surface area contributed by atoms with Gasteiger partial charge in [-0.05, 0) is 44.9 Å². The first-order valence-corrected chi connectivity index (χ1v) is 8.85. The number of benzene rings is 1. The highest BCUT2D eigenvalue weighted by Gasteiger charge is 2.11. The van der Waals surface area contributed by atoms with Gasteiger partial charge in [0, 0.05) is 33.1 Å². The fourth-order valence-electron chi connectivity index (χ4n) is 2.49. The number of thiophene rings is 1. The molecule has 3 rings (SSSR count). The Kier molecular flexibility index (Phi) is 4.48. The maximum atomic E-state index is 3.64. The lowest BCUT2D eigenvalue weighted by molar-refractivity contribution is 0.568. The molecule has 0 unspecified atom stereocenters. The molecule has 110 valence electrons. The topological polar surface area (TPSA) is 17.0 Å². The van der Waals surface area contributed by atoms with Crippen molar-refractivity contribution in [3.8, 4) is 0 Å². The molecule has 1 aromatic carbocycles. The van der Waals surface area contributed by atoms with Gasteiger partial charge in [0.2, 0.25) is 0 Å². The average Bonchev–Trinajstić information content (AvgIpc) is 3.02. The average molecular weight is 363 g/mol. The number of rotatable bonds is 5. The number of fused-ring (bicyclic) bond motifs is 1. The molecule has 0 radical (unpaired) electrons. The Balaban J connectivity index is 2.00. The van der Waals surface area contributed by atoms with Gasteiger partial charge in [-0.1, -0.05) is 32.0 Å². The number of nitrogens with one attached hydrogen (secondary N) is 1. The summed E-state index contributed by atoms with van der Waals surface area (Å²) in [6.45, 7) is 6.18. The first-order valence-electron chi connectivity index (χ1n) is 7.17. The SMILES string of the molecule is CC(C)NCc1cc2ccccc2n1Cc1sccc1Br. The van der Waals surface area contributed by atoms with Crippen LogP contribution in [0, 0.1) is 0 Å². The molecule has 0 aliphatic carbocycles. The van der Waals surface area contributed by atoms with Crippen molar-refractivity contribution in [2.75, 3.05) is 0 Å². The molecule has 4 heteroatoms. The Labute approximate surface area is 137 Å². The largest absolute Gasteiger partial charge is 0.338 e. The zero-order valence-corrected chi connectivity index (χ0v) is 14.7. The molecule has 0 spiro atoms. The number of hydrogen-bond donors (Lipinski definition) is 1. The van der Waals surface area contributed by atoms with E-state index in [0.29, 0.717) is 6.04 Å². The third-order valence-corrected chi connectivity index (χ3v) is 5.49. The van der Waals surface area contributed by atoms with E-state index in [1.165, 1.54) is 25.9 Å². The van der Waals surface area contributed by atoms with E-state index in [1.54, 1.807) is 11.3 Å². The lowest BCUT2D eigenvalue weighted by Crippen LogP contribution is -2.23. The van der Waals surface area contributed by atoms with Crippen molar-refractivity contribution in [1.82, 2.24) is 9.88 Å². The van der Waals surface area contributed by atoms with Crippen LogP contribution in [0.25, 0.3) is 10.9 Å². The minimum absolute atomic E-state index is 0.491. The van der Waals surface area contributed by atoms with E-state index in [4.69, 9.17) is 0 Å². The van der Waals surface area contributed by atoms with E-state index in [-0.39, 0.29) is 0 Å². The maximum absolute atomic E-state index is 3.64. The number of para-hydroxylation sites is 1. The minimum atomic E-state index is 0.491. The molecular weight excluding hydrogens is 344 g/mol. The van der Waals surface area contributed by atoms with Gasteiger partial charge in [0.1, 0.15) is 0 Å². The van der Waals surface area contributed by atoms with E-state index in [2.05, 4.69) is 81.4 Å². The zero-order chi connectivity index (χ0) is 14.8. The molecule has 0 saturated heterocycles. The van der Waals surface area contributed by atoms with Crippen molar-refractivity contribution in [1.29, 1.82) is 0 Å². The molecule has 2 heterocycles. The van der Waals surface area contributed by atoms with E-state index in [0.717, 1.165) is 13.1 Å². The minimum Gasteiger partial charge on any atom is -0.338 e. The fourth-order valence-corrected chi connectivity index (χ4v) is 3.96. The summed E-state index contributed by atoms with van der Waals surface area (Å²) < 4.78 is 3.62. The van der Waals surface area contributed by atoms with Crippen LogP contribution in [0.2, 0.25) is 0 Å². The first-order chi connectivity index (χ1) is 10.1. The molecule has 0 fully saturated rings. The van der Waals surface area contributed by atoms with Gasteiger partial charge in [-0.3, -0.25) is 0 Å². The standard InChI is InChI=1S/C17H19BrN2S/c1-12(2)19-10-14-9-13-5-3-4-6-16(13)20(14)11-17-15(18)7-8-21-17/h3-9,12,19H,10-11H2,1-2H3. The van der Waals surface area contributed by atoms with Gasteiger partial charge in [-0.25, -0.2) is 0 Å². The predicted octanol–water partition coefficient (Wildman–Crippen LogP) is 5.01. The van der Waals surface area contributed by atoms with Gasteiger partial charge < -0.3 is 9.88 Å². The molecule has 1 N–H and O–H groups in total. The van der Waals surface area contributed by atoms with Crippen molar-refractivity contribution in [3.05, 3.63) is 56.8 Å². The van der Waals surface area contributed by atoms with Gasteiger partial charge in [0.25, 0.3) is 0 Å². The summed E-state index contributed by atoms with van der Waals surface area (Å²) in [7, 11) is 0. The van der Waals surface area contributed by atoms with Crippen LogP contribution in [-0.2, 0) is 13.1 Å². The van der Waals surface area contributed by atoms with Gasteiger partial charge >= 0.3 is 0 Å². The van der Waals surface area contributed by atoms with E-state index < -0.39 is 0 Å². The zero-order valence-electron chi connectivity index (χ0n) is 12.3. The van der Waals surface area contributed by atoms with Crippen LogP contribution >= 0.6 is 27.3 Å². The van der Waals surface area contributed by atoms with Crippen LogP contribution in [-0.4, -0.2) is 10.6 Å². The second kappa shape index (κ2) is 6.34. The van der Waals surface area contributed by atoms with Crippen LogP contribution in [0.1, 0.15) is 24.4 Å². The Morgan fingerprint density at radius 2 is 2.05 bits per heavy atom. The van der Waals surface area contributed by atoms with Crippen molar-refractivity contribution in [2.45, 2.75) is 33.0 Å². The maximum Gasteiger partial charge on any atom is 0.0584 e. The second-order valence-electron chi connectivity index (χ2n) is 5.51. The summed E-state index contributed by atoms with van der Waals surface area (Å²) in [5.41, 5.74) is 2.64. The van der Waals surface area contributed by atoms with E-state index >= 15 is 0 Å². The Bertz CT molecular complexity index is 742. The molecule has 0 amide bonds. The van der Waals surface area contributed by atoms with Crippen LogP contribution in [0.15, 0.2) is 46.3 Å². The molecule has 2 nitrogen and oxygen atoms in total. The van der Waals surface area contributed by atoms with Gasteiger partial charge in [0.05, 0.1) is 6.54 Å². The van der Waals surface area contributed by atoms with Gasteiger partial charge in [0.15, 0.2) is 0 Å². The molecule has 0 saturated carbocycles. The number of halogens is 1. The van der Waals surface area contributed by atoms with Crippen LogP contribution in [0.4, 0.5) is 0 Å². The molecule has 3 aromatic rings. The summed E-state index contributed by atoms with van der Waals surface area (Å²) in [5, 5.41) is 6.98. The molecule has 21 heavy (non-hydrogen) atoms. The summed E-state index contributed by atoms with van der Waals surface area (Å²) in [4.78, 5) is 1.36. The highest BCUT2D eigenvalue weighted by Crippen LogP contribution is 2.27. The summed E-state index contributed by atoms with van der Waals surface area (Å²) in [5.74, 6) is 0. The highest BCUT2D eigenvalue weighted by atomic mass is 79.9. The molecule has 0 aliphatic heterocycles. The molecule has 0 atom stereocenters.